The van der Waals surface area contributed by atoms with Crippen LogP contribution in [0.4, 0.5) is 5.13 Å². The third-order valence-electron chi connectivity index (χ3n) is 4.96. The lowest BCUT2D eigenvalue weighted by atomic mass is 10.0. The normalized spacial score (nSPS) is 18.2. The molecule has 6 nitrogen and oxygen atoms in total. The van der Waals surface area contributed by atoms with E-state index in [0.717, 1.165) is 28.6 Å². The van der Waals surface area contributed by atoms with Gasteiger partial charge in [-0.25, -0.2) is 13.4 Å². The van der Waals surface area contributed by atoms with Crippen LogP contribution in [-0.2, 0) is 14.8 Å². The number of fused-ring (bicyclic) bond motifs is 1. The fraction of sp³-hybridized carbons (Fsp3) is 0.300. The number of amides is 1. The number of hydrogen-bond acceptors (Lipinski definition) is 5. The van der Waals surface area contributed by atoms with Crippen LogP contribution in [0.1, 0.15) is 24.8 Å². The summed E-state index contributed by atoms with van der Waals surface area (Å²) in [5.41, 5.74) is 1.90. The monoisotopic (exact) mass is 415 g/mol. The van der Waals surface area contributed by atoms with Crippen LogP contribution in [0.5, 0.6) is 0 Å². The summed E-state index contributed by atoms with van der Waals surface area (Å²) in [6, 6.07) is 13.4. The van der Waals surface area contributed by atoms with E-state index in [0.29, 0.717) is 18.1 Å². The van der Waals surface area contributed by atoms with Gasteiger partial charge in [-0.1, -0.05) is 48.1 Å². The fourth-order valence-electron chi connectivity index (χ4n) is 3.51. The van der Waals surface area contributed by atoms with Crippen molar-refractivity contribution >= 4 is 42.6 Å². The largest absolute Gasteiger partial charge is 0.301 e. The molecular formula is C20H21N3O3S2. The molecule has 0 spiro atoms. The molecule has 1 aliphatic heterocycles. The molecule has 1 N–H and O–H groups in total. The zero-order valence-corrected chi connectivity index (χ0v) is 17.1. The first kappa shape index (κ1) is 19.0. The van der Waals surface area contributed by atoms with E-state index in [1.807, 2.05) is 25.1 Å². The number of nitrogens with zero attached hydrogens (tertiary/aromatic N) is 2. The van der Waals surface area contributed by atoms with E-state index in [1.54, 1.807) is 30.3 Å². The molecular weight excluding hydrogens is 394 g/mol. The second-order valence-electron chi connectivity index (χ2n) is 6.87. The molecule has 0 radical (unpaired) electrons. The van der Waals surface area contributed by atoms with E-state index < -0.39 is 16.1 Å². The van der Waals surface area contributed by atoms with Gasteiger partial charge in [0.15, 0.2) is 5.13 Å². The maximum atomic E-state index is 13.1. The maximum absolute atomic E-state index is 13.1. The first-order valence-corrected chi connectivity index (χ1v) is 11.5. The summed E-state index contributed by atoms with van der Waals surface area (Å²) >= 11 is 1.40. The van der Waals surface area contributed by atoms with Crippen LogP contribution in [0, 0.1) is 6.92 Å². The summed E-state index contributed by atoms with van der Waals surface area (Å²) in [5, 5.41) is 3.34. The van der Waals surface area contributed by atoms with Gasteiger partial charge < -0.3 is 5.32 Å². The highest BCUT2D eigenvalue weighted by molar-refractivity contribution is 7.89. The highest BCUT2D eigenvalue weighted by Crippen LogP contribution is 2.30. The molecule has 1 aromatic heterocycles. The molecule has 4 rings (SSSR count). The Morgan fingerprint density at radius 2 is 1.93 bits per heavy atom. The van der Waals surface area contributed by atoms with Gasteiger partial charge in [-0.05, 0) is 43.5 Å². The quantitative estimate of drug-likeness (QED) is 0.703. The second-order valence-corrected chi connectivity index (χ2v) is 9.79. The third kappa shape index (κ3) is 3.55. The Morgan fingerprint density at radius 3 is 2.68 bits per heavy atom. The van der Waals surface area contributed by atoms with Gasteiger partial charge in [0.25, 0.3) is 0 Å². The molecule has 2 aromatic carbocycles. The van der Waals surface area contributed by atoms with Crippen molar-refractivity contribution in [3.63, 3.8) is 0 Å². The van der Waals surface area contributed by atoms with Crippen molar-refractivity contribution in [1.29, 1.82) is 0 Å². The molecule has 1 aliphatic rings. The number of nitrogens with one attached hydrogen (secondary N) is 1. The number of sulfonamides is 1. The Bertz CT molecular complexity index is 1110. The van der Waals surface area contributed by atoms with Crippen LogP contribution in [0.2, 0.25) is 0 Å². The molecule has 146 valence electrons. The molecule has 1 amide bonds. The summed E-state index contributed by atoms with van der Waals surface area (Å²) in [5.74, 6) is -0.323. The Labute approximate surface area is 168 Å². The van der Waals surface area contributed by atoms with Gasteiger partial charge >= 0.3 is 0 Å². The van der Waals surface area contributed by atoms with Crippen molar-refractivity contribution in [1.82, 2.24) is 9.29 Å². The van der Waals surface area contributed by atoms with E-state index in [4.69, 9.17) is 0 Å². The molecule has 0 bridgehead atoms. The summed E-state index contributed by atoms with van der Waals surface area (Å²) in [6.07, 6.45) is 2.07. The fourth-order valence-corrected chi connectivity index (χ4v) is 6.14. The number of anilines is 1. The maximum Gasteiger partial charge on any atom is 0.244 e. The second kappa shape index (κ2) is 7.62. The molecule has 1 saturated heterocycles. The summed E-state index contributed by atoms with van der Waals surface area (Å²) in [6.45, 7) is 2.32. The van der Waals surface area contributed by atoms with Crippen molar-refractivity contribution in [3.05, 3.63) is 54.1 Å². The molecule has 1 atom stereocenters. The van der Waals surface area contributed by atoms with Crippen LogP contribution in [0.3, 0.4) is 0 Å². The van der Waals surface area contributed by atoms with Crippen molar-refractivity contribution in [3.8, 4) is 0 Å². The zero-order valence-electron chi connectivity index (χ0n) is 15.5. The average molecular weight is 416 g/mol. The number of piperidine rings is 1. The van der Waals surface area contributed by atoms with Crippen molar-refractivity contribution < 1.29 is 13.2 Å². The first-order valence-electron chi connectivity index (χ1n) is 9.21. The van der Waals surface area contributed by atoms with E-state index in [2.05, 4.69) is 10.3 Å². The van der Waals surface area contributed by atoms with Gasteiger partial charge in [-0.2, -0.15) is 4.31 Å². The molecule has 0 saturated carbocycles. The van der Waals surface area contributed by atoms with Crippen molar-refractivity contribution in [2.45, 2.75) is 37.1 Å². The minimum absolute atomic E-state index is 0.213. The van der Waals surface area contributed by atoms with Gasteiger partial charge in [0, 0.05) is 6.54 Å². The third-order valence-corrected chi connectivity index (χ3v) is 7.82. The zero-order chi connectivity index (χ0) is 19.7. The van der Waals surface area contributed by atoms with Gasteiger partial charge in [0.1, 0.15) is 6.04 Å². The lowest BCUT2D eigenvalue weighted by molar-refractivity contribution is -0.120. The van der Waals surface area contributed by atoms with Crippen LogP contribution in [0.25, 0.3) is 10.2 Å². The molecule has 2 heterocycles. The Morgan fingerprint density at radius 1 is 1.14 bits per heavy atom. The summed E-state index contributed by atoms with van der Waals surface area (Å²) in [4.78, 5) is 17.7. The lowest BCUT2D eigenvalue weighted by Crippen LogP contribution is -2.49. The molecule has 1 fully saturated rings. The molecule has 0 aliphatic carbocycles. The summed E-state index contributed by atoms with van der Waals surface area (Å²) in [7, 11) is -3.72. The number of aryl methyl sites for hydroxylation is 1. The number of carbonyl (C=O) groups excluding carboxylic acids is 1. The van der Waals surface area contributed by atoms with Gasteiger partial charge in [-0.15, -0.1) is 0 Å². The minimum atomic E-state index is -3.72. The van der Waals surface area contributed by atoms with E-state index in [1.165, 1.54) is 15.6 Å². The predicted molar refractivity (Wildman–Crippen MR) is 111 cm³/mol. The lowest BCUT2D eigenvalue weighted by Gasteiger charge is -2.33. The summed E-state index contributed by atoms with van der Waals surface area (Å²) < 4.78 is 28.5. The Balaban J connectivity index is 1.60. The number of aromatic nitrogens is 1. The molecule has 8 heteroatoms. The standard InChI is InChI=1S/C20H21N3O3S2/c1-14-8-7-12-17-18(14)21-20(27-17)22-19(24)16-11-5-6-13-23(16)28(25,26)15-9-3-2-4-10-15/h2-4,7-10,12,16H,5-6,11,13H2,1H3,(H,21,22,24). The highest BCUT2D eigenvalue weighted by Gasteiger charge is 2.37. The Kier molecular flexibility index (Phi) is 5.18. The number of para-hydroxylation sites is 1. The molecule has 1 unspecified atom stereocenters. The smallest absolute Gasteiger partial charge is 0.244 e. The highest BCUT2D eigenvalue weighted by atomic mass is 32.2. The molecule has 28 heavy (non-hydrogen) atoms. The number of benzene rings is 2. The molecule has 3 aromatic rings. The first-order chi connectivity index (χ1) is 13.5. The average Bonchev–Trinajstić information content (AvgIpc) is 3.12. The van der Waals surface area contributed by atoms with Gasteiger partial charge in [0.05, 0.1) is 15.1 Å². The van der Waals surface area contributed by atoms with E-state index in [-0.39, 0.29) is 10.8 Å². The van der Waals surface area contributed by atoms with Crippen LogP contribution in [0.15, 0.2) is 53.4 Å². The van der Waals surface area contributed by atoms with Crippen molar-refractivity contribution in [2.24, 2.45) is 0 Å². The van der Waals surface area contributed by atoms with Crippen LogP contribution in [-0.4, -0.2) is 36.2 Å². The van der Waals surface area contributed by atoms with Crippen molar-refractivity contribution in [2.75, 3.05) is 11.9 Å². The number of hydrogen-bond donors (Lipinski definition) is 1. The number of rotatable bonds is 4. The Hall–Kier alpha value is -2.29. The number of carbonyl (C=O) groups is 1. The SMILES string of the molecule is Cc1cccc2sc(NC(=O)C3CCCCN3S(=O)(=O)c3ccccc3)nc12. The van der Waals surface area contributed by atoms with Crippen LogP contribution < -0.4 is 5.32 Å². The van der Waals surface area contributed by atoms with Gasteiger partial charge in [-0.3, -0.25) is 4.79 Å². The minimum Gasteiger partial charge on any atom is -0.301 e. The van der Waals surface area contributed by atoms with E-state index in [9.17, 15) is 13.2 Å². The van der Waals surface area contributed by atoms with Gasteiger partial charge in [0.2, 0.25) is 15.9 Å². The predicted octanol–water partition coefficient (Wildman–Crippen LogP) is 3.79. The van der Waals surface area contributed by atoms with E-state index >= 15 is 0 Å². The topological polar surface area (TPSA) is 79.4 Å². The van der Waals surface area contributed by atoms with Crippen LogP contribution >= 0.6 is 11.3 Å². The number of thiazole rings is 1.